The van der Waals surface area contributed by atoms with Gasteiger partial charge in [0.25, 0.3) is 5.91 Å². The van der Waals surface area contributed by atoms with Crippen LogP contribution >= 0.6 is 11.3 Å². The summed E-state index contributed by atoms with van der Waals surface area (Å²) in [6.45, 7) is 6.15. The quantitative estimate of drug-likeness (QED) is 0.927. The lowest BCUT2D eigenvalue weighted by Gasteiger charge is -2.25. The minimum atomic E-state index is -0.0161. The number of nitrogens with zero attached hydrogens (tertiary/aromatic N) is 3. The van der Waals surface area contributed by atoms with Crippen molar-refractivity contribution < 1.29 is 4.79 Å². The van der Waals surface area contributed by atoms with Gasteiger partial charge in [-0.05, 0) is 32.6 Å². The van der Waals surface area contributed by atoms with E-state index in [1.165, 1.54) is 30.6 Å². The lowest BCUT2D eigenvalue weighted by Crippen LogP contribution is -2.34. The number of piperidine rings is 1. The van der Waals surface area contributed by atoms with Crippen molar-refractivity contribution in [2.75, 3.05) is 30.8 Å². The Kier molecular flexibility index (Phi) is 4.86. The van der Waals surface area contributed by atoms with Crippen LogP contribution in [-0.2, 0) is 0 Å². The maximum atomic E-state index is 12.5. The molecule has 1 aromatic rings. The van der Waals surface area contributed by atoms with Gasteiger partial charge in [-0.1, -0.05) is 18.3 Å². The molecule has 0 aromatic carbocycles. The standard InChI is InChI=1S/C14H24N4OS/c1-4-10(2)17(3)13(19)11-12(15)16-14(20-11)18-8-6-5-7-9-18/h10H,4-9,15H2,1-3H3. The number of aromatic nitrogens is 1. The molecular formula is C14H24N4OS. The number of carbonyl (C=O) groups is 1. The summed E-state index contributed by atoms with van der Waals surface area (Å²) in [7, 11) is 1.83. The lowest BCUT2D eigenvalue weighted by atomic mass is 10.1. The minimum Gasteiger partial charge on any atom is -0.382 e. The summed E-state index contributed by atoms with van der Waals surface area (Å²) in [5.74, 6) is 0.355. The number of nitrogen functional groups attached to an aromatic ring is 1. The summed E-state index contributed by atoms with van der Waals surface area (Å²) in [4.78, 5) is 21.4. The van der Waals surface area contributed by atoms with Crippen molar-refractivity contribution in [3.8, 4) is 0 Å². The lowest BCUT2D eigenvalue weighted by molar-refractivity contribution is 0.0746. The Morgan fingerprint density at radius 3 is 2.70 bits per heavy atom. The zero-order chi connectivity index (χ0) is 14.7. The molecule has 112 valence electrons. The number of anilines is 2. The normalized spacial score (nSPS) is 17.1. The molecule has 1 aliphatic rings. The molecule has 1 atom stereocenters. The molecule has 0 spiro atoms. The fourth-order valence-electron chi connectivity index (χ4n) is 2.33. The molecule has 2 rings (SSSR count). The van der Waals surface area contributed by atoms with Gasteiger partial charge in [0.2, 0.25) is 0 Å². The zero-order valence-electron chi connectivity index (χ0n) is 12.6. The molecule has 0 bridgehead atoms. The van der Waals surface area contributed by atoms with Crippen LogP contribution in [0.15, 0.2) is 0 Å². The van der Waals surface area contributed by atoms with Gasteiger partial charge in [-0.25, -0.2) is 4.98 Å². The van der Waals surface area contributed by atoms with Crippen LogP contribution in [0.3, 0.4) is 0 Å². The first kappa shape index (κ1) is 15.1. The molecule has 0 saturated carbocycles. The second kappa shape index (κ2) is 6.43. The number of amides is 1. The average Bonchev–Trinajstić information content (AvgIpc) is 2.87. The molecule has 1 aromatic heterocycles. The molecule has 1 saturated heterocycles. The highest BCUT2D eigenvalue weighted by atomic mass is 32.1. The van der Waals surface area contributed by atoms with Crippen LogP contribution in [0.2, 0.25) is 0 Å². The predicted molar refractivity (Wildman–Crippen MR) is 84.4 cm³/mol. The summed E-state index contributed by atoms with van der Waals surface area (Å²) in [6.07, 6.45) is 4.59. The third-order valence-electron chi connectivity index (χ3n) is 4.04. The highest BCUT2D eigenvalue weighted by Crippen LogP contribution is 2.31. The molecule has 1 unspecified atom stereocenters. The van der Waals surface area contributed by atoms with E-state index in [1.54, 1.807) is 4.90 Å². The number of hydrogen-bond acceptors (Lipinski definition) is 5. The van der Waals surface area contributed by atoms with E-state index in [2.05, 4.69) is 16.8 Å². The molecule has 2 heterocycles. The number of thiazole rings is 1. The molecule has 2 N–H and O–H groups in total. The summed E-state index contributed by atoms with van der Waals surface area (Å²) in [5.41, 5.74) is 5.95. The SMILES string of the molecule is CCC(C)N(C)C(=O)c1sc(N2CCCCC2)nc1N. The van der Waals surface area contributed by atoms with Gasteiger partial charge < -0.3 is 15.5 Å². The minimum absolute atomic E-state index is 0.0161. The summed E-state index contributed by atoms with van der Waals surface area (Å²) < 4.78 is 0. The van der Waals surface area contributed by atoms with Crippen molar-refractivity contribution in [3.63, 3.8) is 0 Å². The van der Waals surface area contributed by atoms with E-state index in [4.69, 9.17) is 5.73 Å². The first-order valence-electron chi connectivity index (χ1n) is 7.33. The number of rotatable bonds is 4. The smallest absolute Gasteiger partial charge is 0.267 e. The maximum Gasteiger partial charge on any atom is 0.267 e. The highest BCUT2D eigenvalue weighted by Gasteiger charge is 2.24. The van der Waals surface area contributed by atoms with Gasteiger partial charge in [-0.3, -0.25) is 4.79 Å². The predicted octanol–water partition coefficient (Wildman–Crippen LogP) is 2.59. The van der Waals surface area contributed by atoms with E-state index in [-0.39, 0.29) is 11.9 Å². The van der Waals surface area contributed by atoms with E-state index in [0.717, 1.165) is 24.6 Å². The average molecular weight is 296 g/mol. The maximum absolute atomic E-state index is 12.5. The second-order valence-corrected chi connectivity index (χ2v) is 6.41. The largest absolute Gasteiger partial charge is 0.382 e. The molecule has 0 aliphatic carbocycles. The second-order valence-electron chi connectivity index (χ2n) is 5.43. The summed E-state index contributed by atoms with van der Waals surface area (Å²) in [5, 5.41) is 0.892. The van der Waals surface area contributed by atoms with Crippen molar-refractivity contribution in [2.24, 2.45) is 0 Å². The fraction of sp³-hybridized carbons (Fsp3) is 0.714. The van der Waals surface area contributed by atoms with Gasteiger partial charge in [0.1, 0.15) is 10.7 Å². The Hall–Kier alpha value is -1.30. The molecule has 0 radical (unpaired) electrons. The van der Waals surface area contributed by atoms with Crippen LogP contribution in [0.4, 0.5) is 10.9 Å². The number of carbonyl (C=O) groups excluding carboxylic acids is 1. The molecular weight excluding hydrogens is 272 g/mol. The molecule has 1 fully saturated rings. The van der Waals surface area contributed by atoms with Gasteiger partial charge in [0.15, 0.2) is 5.13 Å². The van der Waals surface area contributed by atoms with E-state index < -0.39 is 0 Å². The van der Waals surface area contributed by atoms with Crippen molar-refractivity contribution in [2.45, 2.75) is 45.6 Å². The zero-order valence-corrected chi connectivity index (χ0v) is 13.4. The summed E-state index contributed by atoms with van der Waals surface area (Å²) in [6, 6.07) is 0.211. The van der Waals surface area contributed by atoms with Gasteiger partial charge >= 0.3 is 0 Å². The highest BCUT2D eigenvalue weighted by molar-refractivity contribution is 7.18. The van der Waals surface area contributed by atoms with Crippen LogP contribution in [0.5, 0.6) is 0 Å². The first-order chi connectivity index (χ1) is 9.54. The van der Waals surface area contributed by atoms with Gasteiger partial charge in [-0.15, -0.1) is 0 Å². The Bertz CT molecular complexity index is 468. The number of hydrogen-bond donors (Lipinski definition) is 1. The van der Waals surface area contributed by atoms with Gasteiger partial charge in [-0.2, -0.15) is 0 Å². The fourth-order valence-corrected chi connectivity index (χ4v) is 3.35. The Morgan fingerprint density at radius 2 is 2.10 bits per heavy atom. The van der Waals surface area contributed by atoms with Gasteiger partial charge in [0, 0.05) is 26.2 Å². The molecule has 5 nitrogen and oxygen atoms in total. The van der Waals surface area contributed by atoms with Crippen molar-refractivity contribution >= 4 is 28.2 Å². The van der Waals surface area contributed by atoms with E-state index in [0.29, 0.717) is 10.7 Å². The first-order valence-corrected chi connectivity index (χ1v) is 8.14. The van der Waals surface area contributed by atoms with Crippen molar-refractivity contribution in [1.29, 1.82) is 0 Å². The third-order valence-corrected chi connectivity index (χ3v) is 5.16. The van der Waals surface area contributed by atoms with E-state index in [1.807, 2.05) is 14.0 Å². The van der Waals surface area contributed by atoms with Gasteiger partial charge in [0.05, 0.1) is 0 Å². The summed E-state index contributed by atoms with van der Waals surface area (Å²) >= 11 is 1.43. The molecule has 1 aliphatic heterocycles. The Morgan fingerprint density at radius 1 is 1.45 bits per heavy atom. The molecule has 1 amide bonds. The van der Waals surface area contributed by atoms with Crippen molar-refractivity contribution in [1.82, 2.24) is 9.88 Å². The van der Waals surface area contributed by atoms with E-state index >= 15 is 0 Å². The Labute approximate surface area is 124 Å². The number of nitrogens with two attached hydrogens (primary N) is 1. The van der Waals surface area contributed by atoms with Crippen LogP contribution in [-0.4, -0.2) is 42.0 Å². The van der Waals surface area contributed by atoms with Crippen LogP contribution in [0.25, 0.3) is 0 Å². The van der Waals surface area contributed by atoms with Crippen molar-refractivity contribution in [3.05, 3.63) is 4.88 Å². The third kappa shape index (κ3) is 3.06. The topological polar surface area (TPSA) is 62.5 Å². The van der Waals surface area contributed by atoms with Crippen LogP contribution in [0, 0.1) is 0 Å². The monoisotopic (exact) mass is 296 g/mol. The van der Waals surface area contributed by atoms with Crippen LogP contribution < -0.4 is 10.6 Å². The molecule has 20 heavy (non-hydrogen) atoms. The molecule has 6 heteroatoms. The Balaban J connectivity index is 2.16. The van der Waals surface area contributed by atoms with Crippen LogP contribution in [0.1, 0.15) is 49.2 Å². The van der Waals surface area contributed by atoms with E-state index in [9.17, 15) is 4.79 Å².